The molecule has 0 aromatic heterocycles. The Morgan fingerprint density at radius 1 is 1.35 bits per heavy atom. The molecule has 0 bridgehead atoms. The summed E-state index contributed by atoms with van der Waals surface area (Å²) in [6.07, 6.45) is 0.884. The number of amides is 1. The lowest BCUT2D eigenvalue weighted by atomic mass is 10.1. The number of hydrogen-bond acceptors (Lipinski definition) is 4. The average Bonchev–Trinajstić information content (AvgIpc) is 2.76. The molecule has 0 fully saturated rings. The molecule has 0 saturated heterocycles. The predicted octanol–water partition coefficient (Wildman–Crippen LogP) is 0.456. The number of rotatable bonds is 5. The zero-order valence-corrected chi connectivity index (χ0v) is 9.44. The van der Waals surface area contributed by atoms with Crippen molar-refractivity contribution in [1.29, 1.82) is 0 Å². The second kappa shape index (κ2) is 5.54. The highest BCUT2D eigenvalue weighted by Gasteiger charge is 2.12. The van der Waals surface area contributed by atoms with Crippen LogP contribution in [-0.2, 0) is 11.2 Å². The van der Waals surface area contributed by atoms with Crippen LogP contribution in [0.2, 0.25) is 0 Å². The number of carbonyl (C=O) groups is 1. The maximum absolute atomic E-state index is 11.1. The minimum atomic E-state index is -0.131. The first-order valence-corrected chi connectivity index (χ1v) is 5.55. The molecule has 0 atom stereocenters. The summed E-state index contributed by atoms with van der Waals surface area (Å²) in [5.74, 6) is 1.38. The van der Waals surface area contributed by atoms with Gasteiger partial charge in [-0.15, -0.1) is 0 Å². The van der Waals surface area contributed by atoms with Gasteiger partial charge in [0, 0.05) is 13.0 Å². The highest BCUT2D eigenvalue weighted by Crippen LogP contribution is 2.32. The molecule has 0 radical (unpaired) electrons. The van der Waals surface area contributed by atoms with Crippen molar-refractivity contribution in [2.75, 3.05) is 19.9 Å². The van der Waals surface area contributed by atoms with Crippen LogP contribution in [0.25, 0.3) is 0 Å². The molecular weight excluding hydrogens is 222 g/mol. The molecule has 1 aromatic rings. The molecule has 1 aliphatic rings. The molecule has 0 spiro atoms. The van der Waals surface area contributed by atoms with E-state index in [0.717, 1.165) is 23.5 Å². The van der Waals surface area contributed by atoms with E-state index in [1.54, 1.807) is 0 Å². The van der Waals surface area contributed by atoms with Gasteiger partial charge in [-0.2, -0.15) is 0 Å². The van der Waals surface area contributed by atoms with Crippen LogP contribution in [0.15, 0.2) is 18.2 Å². The van der Waals surface area contributed by atoms with Gasteiger partial charge < -0.3 is 19.9 Å². The van der Waals surface area contributed by atoms with Crippen LogP contribution in [0.4, 0.5) is 0 Å². The van der Waals surface area contributed by atoms with Gasteiger partial charge in [0.1, 0.15) is 0 Å². The number of ether oxygens (including phenoxy) is 2. The first-order valence-electron chi connectivity index (χ1n) is 5.55. The van der Waals surface area contributed by atoms with Gasteiger partial charge in [0.2, 0.25) is 12.7 Å². The molecule has 17 heavy (non-hydrogen) atoms. The van der Waals surface area contributed by atoms with Crippen molar-refractivity contribution in [3.63, 3.8) is 0 Å². The highest BCUT2D eigenvalue weighted by atomic mass is 16.7. The smallest absolute Gasteiger partial charge is 0.231 e. The zero-order chi connectivity index (χ0) is 12.1. The maximum atomic E-state index is 11.1. The summed E-state index contributed by atoms with van der Waals surface area (Å²) in [4.78, 5) is 11.1. The predicted molar refractivity (Wildman–Crippen MR) is 61.0 cm³/mol. The summed E-state index contributed by atoms with van der Waals surface area (Å²) >= 11 is 0. The minimum absolute atomic E-state index is 0.115. The molecule has 2 N–H and O–H groups in total. The Morgan fingerprint density at radius 3 is 3.00 bits per heavy atom. The molecule has 92 valence electrons. The van der Waals surface area contributed by atoms with Crippen molar-refractivity contribution in [3.05, 3.63) is 23.8 Å². The van der Waals surface area contributed by atoms with Gasteiger partial charge in [-0.1, -0.05) is 6.07 Å². The number of aliphatic hydroxyl groups is 1. The SMILES string of the molecule is O=C(CCO)NCCc1ccc2c(c1)OCO2. The molecule has 5 heteroatoms. The van der Waals surface area contributed by atoms with Gasteiger partial charge in [-0.3, -0.25) is 4.79 Å². The number of nitrogens with one attached hydrogen (secondary N) is 1. The highest BCUT2D eigenvalue weighted by molar-refractivity contribution is 5.75. The number of aliphatic hydroxyl groups excluding tert-OH is 1. The lowest BCUT2D eigenvalue weighted by Crippen LogP contribution is -2.26. The van der Waals surface area contributed by atoms with Crippen LogP contribution in [-0.4, -0.2) is 31.0 Å². The summed E-state index contributed by atoms with van der Waals surface area (Å²) in [7, 11) is 0. The summed E-state index contributed by atoms with van der Waals surface area (Å²) < 4.78 is 10.5. The Kier molecular flexibility index (Phi) is 3.82. The Hall–Kier alpha value is -1.75. The number of benzene rings is 1. The fourth-order valence-corrected chi connectivity index (χ4v) is 1.63. The molecular formula is C12H15NO4. The van der Waals surface area contributed by atoms with Crippen molar-refractivity contribution in [2.24, 2.45) is 0 Å². The maximum Gasteiger partial charge on any atom is 0.231 e. The lowest BCUT2D eigenvalue weighted by molar-refractivity contribution is -0.121. The molecule has 0 saturated carbocycles. The minimum Gasteiger partial charge on any atom is -0.454 e. The lowest BCUT2D eigenvalue weighted by Gasteiger charge is -2.05. The first kappa shape index (κ1) is 11.7. The van der Waals surface area contributed by atoms with E-state index in [2.05, 4.69) is 5.32 Å². The van der Waals surface area contributed by atoms with Gasteiger partial charge in [0.15, 0.2) is 11.5 Å². The van der Waals surface area contributed by atoms with Crippen LogP contribution in [0.5, 0.6) is 11.5 Å². The van der Waals surface area contributed by atoms with Crippen LogP contribution < -0.4 is 14.8 Å². The van der Waals surface area contributed by atoms with E-state index in [4.69, 9.17) is 14.6 Å². The Bertz CT molecular complexity index is 405. The molecule has 1 amide bonds. The fraction of sp³-hybridized carbons (Fsp3) is 0.417. The Morgan fingerprint density at radius 2 is 2.18 bits per heavy atom. The monoisotopic (exact) mass is 237 g/mol. The number of carbonyl (C=O) groups excluding carboxylic acids is 1. The summed E-state index contributed by atoms with van der Waals surface area (Å²) in [5, 5.41) is 11.3. The Balaban J connectivity index is 1.81. The Labute approximate surface area is 99.3 Å². The van der Waals surface area contributed by atoms with Crippen molar-refractivity contribution >= 4 is 5.91 Å². The molecule has 1 aromatic carbocycles. The summed E-state index contributed by atoms with van der Waals surface area (Å²) in [6, 6.07) is 5.74. The summed E-state index contributed by atoms with van der Waals surface area (Å²) in [6.45, 7) is 0.709. The van der Waals surface area contributed by atoms with Gasteiger partial charge in [0.25, 0.3) is 0 Å². The van der Waals surface area contributed by atoms with E-state index in [-0.39, 0.29) is 25.7 Å². The van der Waals surface area contributed by atoms with E-state index < -0.39 is 0 Å². The van der Waals surface area contributed by atoms with Crippen LogP contribution in [0.3, 0.4) is 0 Å². The second-order valence-electron chi connectivity index (χ2n) is 3.76. The largest absolute Gasteiger partial charge is 0.454 e. The van der Waals surface area contributed by atoms with Crippen LogP contribution in [0.1, 0.15) is 12.0 Å². The van der Waals surface area contributed by atoms with Crippen LogP contribution in [0, 0.1) is 0 Å². The third-order valence-electron chi connectivity index (χ3n) is 2.51. The first-order chi connectivity index (χ1) is 8.29. The molecule has 1 heterocycles. The average molecular weight is 237 g/mol. The van der Waals surface area contributed by atoms with Crippen molar-refractivity contribution in [3.8, 4) is 11.5 Å². The third-order valence-corrected chi connectivity index (χ3v) is 2.51. The molecule has 2 rings (SSSR count). The third kappa shape index (κ3) is 3.10. The van der Waals surface area contributed by atoms with Crippen LogP contribution >= 0.6 is 0 Å². The van der Waals surface area contributed by atoms with E-state index >= 15 is 0 Å². The number of hydrogen-bond donors (Lipinski definition) is 2. The standard InChI is InChI=1S/C12H15NO4/c14-6-4-12(15)13-5-3-9-1-2-10-11(7-9)17-8-16-10/h1-2,7,14H,3-6,8H2,(H,13,15). The van der Waals surface area contributed by atoms with E-state index in [1.807, 2.05) is 18.2 Å². The second-order valence-corrected chi connectivity index (χ2v) is 3.76. The number of fused-ring (bicyclic) bond motifs is 1. The van der Waals surface area contributed by atoms with Crippen molar-refractivity contribution in [1.82, 2.24) is 5.32 Å². The van der Waals surface area contributed by atoms with Gasteiger partial charge in [0.05, 0.1) is 6.61 Å². The van der Waals surface area contributed by atoms with Gasteiger partial charge in [-0.05, 0) is 24.1 Å². The molecule has 0 aliphatic carbocycles. The van der Waals surface area contributed by atoms with Gasteiger partial charge in [-0.25, -0.2) is 0 Å². The van der Waals surface area contributed by atoms with Gasteiger partial charge >= 0.3 is 0 Å². The van der Waals surface area contributed by atoms with E-state index in [9.17, 15) is 4.79 Å². The topological polar surface area (TPSA) is 67.8 Å². The van der Waals surface area contributed by atoms with Crippen molar-refractivity contribution < 1.29 is 19.4 Å². The van der Waals surface area contributed by atoms with E-state index in [1.165, 1.54) is 0 Å². The van der Waals surface area contributed by atoms with E-state index in [0.29, 0.717) is 6.54 Å². The van der Waals surface area contributed by atoms with Crippen molar-refractivity contribution in [2.45, 2.75) is 12.8 Å². The molecule has 1 aliphatic heterocycles. The normalized spacial score (nSPS) is 12.5. The zero-order valence-electron chi connectivity index (χ0n) is 9.44. The fourth-order valence-electron chi connectivity index (χ4n) is 1.63. The quantitative estimate of drug-likeness (QED) is 0.780. The molecule has 0 unspecified atom stereocenters. The summed E-state index contributed by atoms with van der Waals surface area (Å²) in [5.41, 5.74) is 1.08. The molecule has 5 nitrogen and oxygen atoms in total.